The molecule has 0 unspecified atom stereocenters. The minimum Gasteiger partial charge on any atom is -0.339 e. The maximum atomic E-state index is 12.6. The van der Waals surface area contributed by atoms with Crippen LogP contribution in [-0.2, 0) is 11.3 Å². The number of hydrogen-bond acceptors (Lipinski definition) is 2. The van der Waals surface area contributed by atoms with Gasteiger partial charge in [0.25, 0.3) is 0 Å². The van der Waals surface area contributed by atoms with Gasteiger partial charge in [0, 0.05) is 38.6 Å². The van der Waals surface area contributed by atoms with E-state index in [2.05, 4.69) is 29.3 Å². The van der Waals surface area contributed by atoms with Crippen LogP contribution >= 0.6 is 0 Å². The molecule has 2 saturated heterocycles. The summed E-state index contributed by atoms with van der Waals surface area (Å²) in [6.07, 6.45) is 8.59. The molecule has 3 aliphatic rings. The first-order chi connectivity index (χ1) is 13.6. The van der Waals surface area contributed by atoms with E-state index in [1.807, 2.05) is 17.0 Å². The molecule has 2 aliphatic heterocycles. The third-order valence-corrected chi connectivity index (χ3v) is 7.26. The van der Waals surface area contributed by atoms with Crippen LogP contribution in [0.1, 0.15) is 62.5 Å². The van der Waals surface area contributed by atoms with E-state index in [4.69, 9.17) is 0 Å². The molecule has 1 spiro atoms. The number of nitrogens with zero attached hydrogens (tertiary/aromatic N) is 2. The Bertz CT molecular complexity index is 718. The minimum absolute atomic E-state index is 0.0395. The number of urea groups is 1. The smallest absolute Gasteiger partial charge is 0.317 e. The summed E-state index contributed by atoms with van der Waals surface area (Å²) < 4.78 is 0. The van der Waals surface area contributed by atoms with Gasteiger partial charge in [-0.1, -0.05) is 37.1 Å². The monoisotopic (exact) mass is 383 g/mol. The van der Waals surface area contributed by atoms with E-state index in [1.54, 1.807) is 0 Å². The van der Waals surface area contributed by atoms with Crippen molar-refractivity contribution in [3.05, 3.63) is 35.4 Å². The van der Waals surface area contributed by atoms with Crippen molar-refractivity contribution in [3.8, 4) is 0 Å². The maximum Gasteiger partial charge on any atom is 0.317 e. The second-order valence-corrected chi connectivity index (χ2v) is 9.03. The van der Waals surface area contributed by atoms with Crippen molar-refractivity contribution < 1.29 is 9.59 Å². The molecule has 1 aromatic rings. The summed E-state index contributed by atoms with van der Waals surface area (Å²) in [4.78, 5) is 29.3. The first-order valence-corrected chi connectivity index (χ1v) is 10.9. The molecular weight excluding hydrogens is 350 g/mol. The number of rotatable bonds is 3. The summed E-state index contributed by atoms with van der Waals surface area (Å²) in [6, 6.07) is 8.69. The van der Waals surface area contributed by atoms with Crippen molar-refractivity contribution in [3.63, 3.8) is 0 Å². The molecule has 1 aromatic carbocycles. The van der Waals surface area contributed by atoms with Crippen molar-refractivity contribution in [2.75, 3.05) is 19.6 Å². The van der Waals surface area contributed by atoms with Gasteiger partial charge >= 0.3 is 6.03 Å². The number of nitrogens with one attached hydrogen (secondary N) is 1. The summed E-state index contributed by atoms with van der Waals surface area (Å²) >= 11 is 0. The molecule has 0 radical (unpaired) electrons. The number of aryl methyl sites for hydroxylation is 1. The van der Waals surface area contributed by atoms with Crippen molar-refractivity contribution in [1.29, 1.82) is 0 Å². The van der Waals surface area contributed by atoms with Crippen LogP contribution in [0.15, 0.2) is 24.3 Å². The standard InChI is InChI=1S/C23H33N3O2/c1-18-6-2-3-7-19(18)16-24-22(28)25-14-12-23(13-15-25)11-10-21(27)26(17-23)20-8-4-5-9-20/h2-3,6-7,20H,4-5,8-17H2,1H3,(H,24,28). The van der Waals surface area contributed by atoms with E-state index in [0.29, 0.717) is 24.9 Å². The summed E-state index contributed by atoms with van der Waals surface area (Å²) in [7, 11) is 0. The van der Waals surface area contributed by atoms with Gasteiger partial charge in [0.15, 0.2) is 0 Å². The van der Waals surface area contributed by atoms with E-state index >= 15 is 0 Å². The topological polar surface area (TPSA) is 52.7 Å². The van der Waals surface area contributed by atoms with Crippen LogP contribution in [0.25, 0.3) is 0 Å². The Morgan fingerprint density at radius 1 is 1.14 bits per heavy atom. The van der Waals surface area contributed by atoms with Crippen LogP contribution in [0.4, 0.5) is 4.79 Å². The lowest BCUT2D eigenvalue weighted by molar-refractivity contribution is -0.141. The zero-order valence-corrected chi connectivity index (χ0v) is 17.1. The molecule has 5 nitrogen and oxygen atoms in total. The van der Waals surface area contributed by atoms with E-state index in [0.717, 1.165) is 38.9 Å². The Kier molecular flexibility index (Phi) is 5.61. The third kappa shape index (κ3) is 4.03. The number of likely N-dealkylation sites (tertiary alicyclic amines) is 2. The van der Waals surface area contributed by atoms with Gasteiger partial charge in [-0.3, -0.25) is 4.79 Å². The van der Waals surface area contributed by atoms with Crippen LogP contribution in [0.5, 0.6) is 0 Å². The average molecular weight is 384 g/mol. The van der Waals surface area contributed by atoms with Crippen LogP contribution in [0, 0.1) is 12.3 Å². The van der Waals surface area contributed by atoms with E-state index in [1.165, 1.54) is 36.8 Å². The molecule has 3 amide bonds. The number of piperidine rings is 2. The highest BCUT2D eigenvalue weighted by atomic mass is 16.2. The van der Waals surface area contributed by atoms with Gasteiger partial charge < -0.3 is 15.1 Å². The number of carbonyl (C=O) groups is 2. The fourth-order valence-corrected chi connectivity index (χ4v) is 5.28. The van der Waals surface area contributed by atoms with Gasteiger partial charge in [-0.25, -0.2) is 4.79 Å². The highest BCUT2D eigenvalue weighted by molar-refractivity contribution is 5.78. The van der Waals surface area contributed by atoms with Crippen molar-refractivity contribution >= 4 is 11.9 Å². The van der Waals surface area contributed by atoms with Gasteiger partial charge in [-0.15, -0.1) is 0 Å². The summed E-state index contributed by atoms with van der Waals surface area (Å²) in [5, 5.41) is 3.08. The predicted octanol–water partition coefficient (Wildman–Crippen LogP) is 3.85. The third-order valence-electron chi connectivity index (χ3n) is 7.26. The largest absolute Gasteiger partial charge is 0.339 e. The highest BCUT2D eigenvalue weighted by Crippen LogP contribution is 2.42. The molecular formula is C23H33N3O2. The summed E-state index contributed by atoms with van der Waals surface area (Å²) in [6.45, 7) is 5.16. The van der Waals surface area contributed by atoms with Crippen molar-refractivity contribution in [1.82, 2.24) is 15.1 Å². The second-order valence-electron chi connectivity index (χ2n) is 9.03. The molecule has 4 rings (SSSR count). The van der Waals surface area contributed by atoms with Crippen LogP contribution in [0.3, 0.4) is 0 Å². The Morgan fingerprint density at radius 3 is 2.57 bits per heavy atom. The zero-order valence-electron chi connectivity index (χ0n) is 17.1. The molecule has 3 fully saturated rings. The average Bonchev–Trinajstić information content (AvgIpc) is 3.24. The first kappa shape index (κ1) is 19.3. The van der Waals surface area contributed by atoms with Gasteiger partial charge in [0.1, 0.15) is 0 Å². The minimum atomic E-state index is 0.0395. The van der Waals surface area contributed by atoms with Crippen molar-refractivity contribution in [2.45, 2.75) is 70.9 Å². The van der Waals surface area contributed by atoms with Gasteiger partial charge in [0.2, 0.25) is 5.91 Å². The Hall–Kier alpha value is -2.04. The highest BCUT2D eigenvalue weighted by Gasteiger charge is 2.43. The molecule has 1 N–H and O–H groups in total. The second kappa shape index (κ2) is 8.14. The normalized spacial score (nSPS) is 22.7. The molecule has 5 heteroatoms. The summed E-state index contributed by atoms with van der Waals surface area (Å²) in [5.74, 6) is 0.357. The van der Waals surface area contributed by atoms with Gasteiger partial charge in [-0.05, 0) is 55.6 Å². The summed E-state index contributed by atoms with van der Waals surface area (Å²) in [5.41, 5.74) is 2.60. The Labute approximate surface area is 168 Å². The molecule has 2 heterocycles. The molecule has 152 valence electrons. The molecule has 0 aromatic heterocycles. The predicted molar refractivity (Wildman–Crippen MR) is 110 cm³/mol. The molecule has 28 heavy (non-hydrogen) atoms. The van der Waals surface area contributed by atoms with Gasteiger partial charge in [-0.2, -0.15) is 0 Å². The van der Waals surface area contributed by atoms with Crippen LogP contribution in [0.2, 0.25) is 0 Å². The quantitative estimate of drug-likeness (QED) is 0.862. The van der Waals surface area contributed by atoms with Crippen LogP contribution in [-0.4, -0.2) is 47.4 Å². The lowest BCUT2D eigenvalue weighted by Crippen LogP contribution is -2.55. The molecule has 1 aliphatic carbocycles. The molecule has 0 atom stereocenters. The van der Waals surface area contributed by atoms with Crippen molar-refractivity contribution in [2.24, 2.45) is 5.41 Å². The lowest BCUT2D eigenvalue weighted by atomic mass is 9.72. The first-order valence-electron chi connectivity index (χ1n) is 10.9. The van der Waals surface area contributed by atoms with Crippen LogP contribution < -0.4 is 5.32 Å². The zero-order chi connectivity index (χ0) is 19.6. The Balaban J connectivity index is 1.30. The Morgan fingerprint density at radius 2 is 1.86 bits per heavy atom. The van der Waals surface area contributed by atoms with E-state index in [9.17, 15) is 9.59 Å². The number of benzene rings is 1. The SMILES string of the molecule is Cc1ccccc1CNC(=O)N1CCC2(CCC(=O)N(C3CCCC3)C2)CC1. The number of amides is 3. The van der Waals surface area contributed by atoms with Gasteiger partial charge in [0.05, 0.1) is 0 Å². The number of carbonyl (C=O) groups excluding carboxylic acids is 2. The fraction of sp³-hybridized carbons (Fsp3) is 0.652. The van der Waals surface area contributed by atoms with E-state index in [-0.39, 0.29) is 11.4 Å². The van der Waals surface area contributed by atoms with E-state index < -0.39 is 0 Å². The molecule has 1 saturated carbocycles. The lowest BCUT2D eigenvalue weighted by Gasteiger charge is -2.49. The fourth-order valence-electron chi connectivity index (χ4n) is 5.28. The number of hydrogen-bond donors (Lipinski definition) is 1. The molecule has 0 bridgehead atoms. The maximum absolute atomic E-state index is 12.6.